The molecule has 0 atom stereocenters. The van der Waals surface area contributed by atoms with Gasteiger partial charge in [0.1, 0.15) is 28.2 Å². The summed E-state index contributed by atoms with van der Waals surface area (Å²) in [6, 6.07) is 64.0. The lowest BCUT2D eigenvalue weighted by atomic mass is 9.93. The molecule has 8 aliphatic carbocycles. The van der Waals surface area contributed by atoms with Gasteiger partial charge in [0.2, 0.25) is 22.8 Å². The fraction of sp³-hybridized carbons (Fsp3) is 0.241. The zero-order valence-electron chi connectivity index (χ0n) is 75.7. The molecule has 16 aromatic rings. The van der Waals surface area contributed by atoms with E-state index in [0.29, 0.717) is 0 Å². The average molecular weight is 1610 g/mol. The highest BCUT2D eigenvalue weighted by Crippen LogP contribution is 2.52. The predicted molar refractivity (Wildman–Crippen MR) is 505 cm³/mol. The van der Waals surface area contributed by atoms with Crippen LogP contribution in [0.5, 0.6) is 0 Å². The number of rotatable bonds is 4. The van der Waals surface area contributed by atoms with Crippen LogP contribution in [0.15, 0.2) is 195 Å². The number of benzene rings is 8. The third-order valence-corrected chi connectivity index (χ3v) is 29.0. The second kappa shape index (κ2) is 29.3. The van der Waals surface area contributed by atoms with Crippen LogP contribution in [0.3, 0.4) is 0 Å². The van der Waals surface area contributed by atoms with Crippen molar-refractivity contribution in [3.63, 3.8) is 0 Å². The summed E-state index contributed by atoms with van der Waals surface area (Å²) in [6.07, 6.45) is 16.6. The maximum absolute atomic E-state index is 5.29. The van der Waals surface area contributed by atoms with Crippen LogP contribution in [0.25, 0.3) is 135 Å². The Labute approximate surface area is 731 Å². The molecule has 0 saturated carbocycles. The highest BCUT2D eigenvalue weighted by atomic mass is 15.0. The van der Waals surface area contributed by atoms with Crippen LogP contribution in [0.2, 0.25) is 0 Å². The third kappa shape index (κ3) is 12.6. The number of aromatic nitrogens is 8. The lowest BCUT2D eigenvalue weighted by Crippen LogP contribution is -2.32. The second-order valence-electron chi connectivity index (χ2n) is 37.6. The van der Waals surface area contributed by atoms with E-state index in [-0.39, 0.29) is 0 Å². The normalized spacial score (nSPS) is 13.1. The van der Waals surface area contributed by atoms with Crippen LogP contribution >= 0.6 is 0 Å². The average Bonchev–Trinajstić information content (AvgIpc) is 1.59. The molecule has 0 N–H and O–H groups in total. The second-order valence-corrected chi connectivity index (χ2v) is 37.6. The molecular formula is C116H108N8+4. The van der Waals surface area contributed by atoms with Crippen molar-refractivity contribution in [2.24, 2.45) is 28.2 Å². The van der Waals surface area contributed by atoms with Gasteiger partial charge in [0.25, 0.3) is 0 Å². The van der Waals surface area contributed by atoms with Crippen molar-refractivity contribution in [2.45, 2.75) is 162 Å². The zero-order valence-corrected chi connectivity index (χ0v) is 75.7. The summed E-state index contributed by atoms with van der Waals surface area (Å²) in [4.78, 5) is 21.1. The van der Waals surface area contributed by atoms with Crippen LogP contribution in [0, 0.1) is 111 Å². The highest BCUT2D eigenvalue weighted by molar-refractivity contribution is 5.91. The van der Waals surface area contributed by atoms with E-state index < -0.39 is 0 Å². The molecular weight excluding hydrogens is 1510 g/mol. The van der Waals surface area contributed by atoms with Crippen molar-refractivity contribution in [2.75, 3.05) is 0 Å². The quantitative estimate of drug-likeness (QED) is 0.165. The Balaban J connectivity index is 0.000000101. The topological polar surface area (TPSA) is 67.1 Å². The molecule has 8 heterocycles. The molecule has 0 radical (unpaired) electrons. The molecule has 8 aromatic heterocycles. The van der Waals surface area contributed by atoms with E-state index in [4.69, 9.17) is 19.9 Å². The molecule has 0 aliphatic heterocycles. The van der Waals surface area contributed by atoms with Gasteiger partial charge < -0.3 is 0 Å². The lowest BCUT2D eigenvalue weighted by Gasteiger charge is -2.12. The Morgan fingerprint density at radius 1 is 0.194 bits per heavy atom. The van der Waals surface area contributed by atoms with Crippen LogP contribution in [0.1, 0.15) is 178 Å². The van der Waals surface area contributed by atoms with E-state index in [1.807, 2.05) is 0 Å². The number of fused-ring (bicyclic) bond motifs is 24. The summed E-state index contributed by atoms with van der Waals surface area (Å²) in [5.41, 5.74) is 74.4. The van der Waals surface area contributed by atoms with E-state index in [0.717, 1.165) is 51.4 Å². The fourth-order valence-electron chi connectivity index (χ4n) is 22.4. The minimum atomic E-state index is 0.955. The first kappa shape index (κ1) is 78.2. The molecule has 8 heteroatoms. The first-order valence-electron chi connectivity index (χ1n) is 44.5. The first-order valence-corrected chi connectivity index (χ1v) is 44.5. The van der Waals surface area contributed by atoms with Crippen LogP contribution in [-0.2, 0) is 79.6 Å². The van der Waals surface area contributed by atoms with Gasteiger partial charge in [-0.1, -0.05) is 149 Å². The van der Waals surface area contributed by atoms with Crippen molar-refractivity contribution in [1.82, 2.24) is 19.9 Å². The third-order valence-electron chi connectivity index (χ3n) is 29.0. The van der Waals surface area contributed by atoms with Gasteiger partial charge in [0.15, 0.2) is 24.8 Å². The Kier molecular flexibility index (Phi) is 18.5. The molecule has 0 unspecified atom stereocenters. The highest BCUT2D eigenvalue weighted by Gasteiger charge is 2.39. The SMILES string of the molecule is Cc1cc(C)c(C)c(-c2c3c(cc[n+]2C)-c2nc4c(cc2C3)Cc2c(C)cccc2-4)c1.Cc1cc(C)c(C)c(-c2c3c(cc[n+]2C)-c2nc4c(cc2C3)Cc2cccc(C)c2-4)c1.Cc1ccc2c(c1)-c1nc3c(cc1C2)Cc1c-3cc[n+](C)c1-c1cc(C)cc(C)c1C.Cc1ccc2c(c1)Cc1cc3c(nc1-2)-c1cc[n+](C)c(-c2cc(C)cc(C)c2C)c1C3. The molecule has 0 spiro atoms. The number of pyridine rings is 8. The molecule has 0 saturated heterocycles. The monoisotopic (exact) mass is 1610 g/mol. The van der Waals surface area contributed by atoms with Crippen molar-refractivity contribution in [1.29, 1.82) is 0 Å². The molecule has 24 rings (SSSR count). The smallest absolute Gasteiger partial charge is 0.216 e. The Morgan fingerprint density at radius 2 is 0.492 bits per heavy atom. The molecule has 608 valence electrons. The fourth-order valence-corrected chi connectivity index (χ4v) is 22.4. The van der Waals surface area contributed by atoms with Gasteiger partial charge in [-0.05, 0) is 264 Å². The first-order chi connectivity index (χ1) is 59.6. The van der Waals surface area contributed by atoms with E-state index >= 15 is 0 Å². The van der Waals surface area contributed by atoms with Crippen molar-refractivity contribution >= 4 is 0 Å². The maximum atomic E-state index is 5.29. The van der Waals surface area contributed by atoms with Gasteiger partial charge in [-0.3, -0.25) is 0 Å². The molecule has 0 bridgehead atoms. The number of hydrogen-bond donors (Lipinski definition) is 0. The molecule has 0 fully saturated rings. The van der Waals surface area contributed by atoms with E-state index in [1.165, 1.54) is 313 Å². The molecule has 0 amide bonds. The van der Waals surface area contributed by atoms with Crippen LogP contribution < -0.4 is 18.3 Å². The predicted octanol–water partition coefficient (Wildman–Crippen LogP) is 23.8. The summed E-state index contributed by atoms with van der Waals surface area (Å²) in [5.74, 6) is 0. The summed E-state index contributed by atoms with van der Waals surface area (Å²) >= 11 is 0. The lowest BCUT2D eigenvalue weighted by molar-refractivity contribution is -0.660. The summed E-state index contributed by atoms with van der Waals surface area (Å²) in [7, 11) is 8.68. The van der Waals surface area contributed by atoms with Gasteiger partial charge in [0.05, 0.1) is 45.6 Å². The molecule has 124 heavy (non-hydrogen) atoms. The van der Waals surface area contributed by atoms with Crippen LogP contribution in [-0.4, -0.2) is 19.9 Å². The summed E-state index contributed by atoms with van der Waals surface area (Å²) in [6.45, 7) is 35.4. The van der Waals surface area contributed by atoms with E-state index in [9.17, 15) is 0 Å². The van der Waals surface area contributed by atoms with Crippen molar-refractivity contribution in [3.05, 3.63) is 373 Å². The van der Waals surface area contributed by atoms with Gasteiger partial charge in [-0.15, -0.1) is 0 Å². The Bertz CT molecular complexity index is 7350. The Morgan fingerprint density at radius 3 is 0.903 bits per heavy atom. The number of aryl methyl sites for hydroxylation is 16. The summed E-state index contributed by atoms with van der Waals surface area (Å²) < 4.78 is 9.16. The maximum Gasteiger partial charge on any atom is 0.216 e. The van der Waals surface area contributed by atoms with Gasteiger partial charge in [0, 0.05) is 165 Å². The summed E-state index contributed by atoms with van der Waals surface area (Å²) in [5, 5.41) is 0. The molecule has 8 aliphatic rings. The molecule has 8 nitrogen and oxygen atoms in total. The van der Waals surface area contributed by atoms with E-state index in [1.54, 1.807) is 0 Å². The van der Waals surface area contributed by atoms with Gasteiger partial charge in [-0.25, -0.2) is 38.2 Å². The number of nitrogens with zero attached hydrogens (tertiary/aromatic N) is 8. The Hall–Kier alpha value is -13.0. The van der Waals surface area contributed by atoms with Gasteiger partial charge >= 0.3 is 0 Å². The molecule has 8 aromatic carbocycles. The zero-order chi connectivity index (χ0) is 85.8. The number of hydrogen-bond acceptors (Lipinski definition) is 4. The van der Waals surface area contributed by atoms with Crippen molar-refractivity contribution < 1.29 is 18.3 Å². The van der Waals surface area contributed by atoms with E-state index in [2.05, 4.69) is 352 Å². The minimum absolute atomic E-state index is 0.955. The van der Waals surface area contributed by atoms with Crippen LogP contribution in [0.4, 0.5) is 0 Å². The van der Waals surface area contributed by atoms with Crippen molar-refractivity contribution in [3.8, 4) is 135 Å². The standard InChI is InChI=1S/4C29H27N2/c1-16-6-7-23-20(11-16)13-21-14-22-15-26-24(28(22)30-27(21)23)8-9-31(5)29(26)25-12-17(2)10-18(3)19(25)4;1-16-6-7-20-13-21-14-22-15-26-23(27(22)30-28(21)25(20)11-16)8-9-31(5)29(26)24-12-17(2)10-18(3)19(24)4;1-16-11-18(3)19(4)25(12-16)29-26-15-21-13-20-14-24-17(2)7-6-8-22(24)27(20)30-28(21)23(26)9-10-31(29)5;1-16-11-18(3)19(4)24(12-16)29-25-15-22-14-21-13-20-8-6-7-17(2)26(20)28(21)30-27(22)23(25)9-10-31(29)5/h2*6-12,14H,13,15H2,1-5H3;6-13H,14-15H2,1-5H3;6-12,14H,13,15H2,1-5H3/q4*+1. The minimum Gasteiger partial charge on any atom is -0.247 e. The largest absolute Gasteiger partial charge is 0.247 e. The van der Waals surface area contributed by atoms with Gasteiger partial charge in [-0.2, -0.15) is 0 Å².